The molecule has 0 aliphatic carbocycles. The Morgan fingerprint density at radius 2 is 2.00 bits per heavy atom. The minimum Gasteiger partial charge on any atom is -0.496 e. The van der Waals surface area contributed by atoms with E-state index in [9.17, 15) is 4.79 Å². The summed E-state index contributed by atoms with van der Waals surface area (Å²) in [6.45, 7) is 3.97. The number of carbonyl (C=O) groups is 1. The first-order chi connectivity index (χ1) is 11.8. The highest BCUT2D eigenvalue weighted by Gasteiger charge is 2.33. The van der Waals surface area contributed by atoms with Crippen molar-refractivity contribution in [1.29, 1.82) is 0 Å². The summed E-state index contributed by atoms with van der Waals surface area (Å²) >= 11 is 0. The fourth-order valence-electron chi connectivity index (χ4n) is 3.73. The zero-order valence-electron chi connectivity index (χ0n) is 13.9. The van der Waals surface area contributed by atoms with Crippen LogP contribution in [0.3, 0.4) is 0 Å². The van der Waals surface area contributed by atoms with Crippen molar-refractivity contribution in [2.45, 2.75) is 18.9 Å². The maximum Gasteiger partial charge on any atom is 0.272 e. The van der Waals surface area contributed by atoms with E-state index in [0.29, 0.717) is 11.7 Å². The van der Waals surface area contributed by atoms with Crippen molar-refractivity contribution in [1.82, 2.24) is 20.0 Å². The average molecular weight is 326 g/mol. The molecule has 2 aromatic rings. The average Bonchev–Trinajstić information content (AvgIpc) is 2.94. The molecule has 1 aromatic heterocycles. The van der Waals surface area contributed by atoms with Crippen LogP contribution in [0.2, 0.25) is 0 Å². The summed E-state index contributed by atoms with van der Waals surface area (Å²) in [7, 11) is 1.64. The fourth-order valence-corrected chi connectivity index (χ4v) is 3.73. The minimum atomic E-state index is 0.0531. The minimum absolute atomic E-state index is 0.0531. The topological polar surface area (TPSA) is 61.5 Å². The van der Waals surface area contributed by atoms with Gasteiger partial charge >= 0.3 is 0 Å². The predicted octanol–water partition coefficient (Wildman–Crippen LogP) is 2.01. The Morgan fingerprint density at radius 1 is 1.21 bits per heavy atom. The first kappa shape index (κ1) is 15.2. The number of carbonyl (C=O) groups excluding carboxylic acids is 1. The molecule has 1 aromatic carbocycles. The van der Waals surface area contributed by atoms with E-state index in [1.165, 1.54) is 0 Å². The van der Waals surface area contributed by atoms with E-state index in [4.69, 9.17) is 4.74 Å². The van der Waals surface area contributed by atoms with Crippen LogP contribution in [0.1, 0.15) is 23.3 Å². The largest absolute Gasteiger partial charge is 0.496 e. The Morgan fingerprint density at radius 3 is 2.79 bits per heavy atom. The molecular formula is C18H22N4O2. The first-order valence-electron chi connectivity index (χ1n) is 8.48. The molecule has 1 N–H and O–H groups in total. The Bertz CT molecular complexity index is 734. The second kappa shape index (κ2) is 6.28. The van der Waals surface area contributed by atoms with Gasteiger partial charge in [-0.25, -0.2) is 0 Å². The number of ether oxygens (including phenoxy) is 1. The highest BCUT2D eigenvalue weighted by Crippen LogP contribution is 2.29. The molecule has 4 heterocycles. The number of aromatic amines is 1. The molecule has 2 bridgehead atoms. The molecule has 3 fully saturated rings. The molecule has 3 saturated heterocycles. The third kappa shape index (κ3) is 2.67. The number of amides is 1. The van der Waals surface area contributed by atoms with E-state index in [1.807, 2.05) is 35.2 Å². The van der Waals surface area contributed by atoms with Gasteiger partial charge in [-0.1, -0.05) is 12.1 Å². The van der Waals surface area contributed by atoms with Gasteiger partial charge in [0.15, 0.2) is 0 Å². The number of piperidine rings is 1. The summed E-state index contributed by atoms with van der Waals surface area (Å²) in [4.78, 5) is 17.4. The van der Waals surface area contributed by atoms with Gasteiger partial charge in [0.2, 0.25) is 0 Å². The van der Waals surface area contributed by atoms with Crippen molar-refractivity contribution < 1.29 is 9.53 Å². The molecule has 126 valence electrons. The van der Waals surface area contributed by atoms with Gasteiger partial charge in [0.25, 0.3) is 5.91 Å². The number of para-hydroxylation sites is 1. The third-order valence-electron chi connectivity index (χ3n) is 5.11. The molecule has 1 amide bonds. The van der Waals surface area contributed by atoms with Crippen LogP contribution < -0.4 is 4.74 Å². The number of hydrogen-bond acceptors (Lipinski definition) is 4. The van der Waals surface area contributed by atoms with Crippen LogP contribution in [-0.2, 0) is 0 Å². The normalized spacial score (nSPS) is 23.1. The van der Waals surface area contributed by atoms with Crippen LogP contribution in [0.4, 0.5) is 0 Å². The lowest BCUT2D eigenvalue weighted by atomic mass is 10.0. The first-order valence-corrected chi connectivity index (χ1v) is 8.48. The van der Waals surface area contributed by atoms with Crippen molar-refractivity contribution in [3.8, 4) is 17.0 Å². The summed E-state index contributed by atoms with van der Waals surface area (Å²) < 4.78 is 5.39. The molecule has 5 rings (SSSR count). The van der Waals surface area contributed by atoms with Crippen LogP contribution >= 0.6 is 0 Å². The van der Waals surface area contributed by atoms with Gasteiger partial charge in [-0.2, -0.15) is 5.10 Å². The van der Waals surface area contributed by atoms with Crippen LogP contribution in [-0.4, -0.2) is 65.2 Å². The predicted molar refractivity (Wildman–Crippen MR) is 91.1 cm³/mol. The molecule has 24 heavy (non-hydrogen) atoms. The Labute approximate surface area is 141 Å². The van der Waals surface area contributed by atoms with Crippen LogP contribution in [0, 0.1) is 0 Å². The zero-order valence-corrected chi connectivity index (χ0v) is 13.9. The zero-order chi connectivity index (χ0) is 16.5. The lowest BCUT2D eigenvalue weighted by Crippen LogP contribution is -2.41. The Hall–Kier alpha value is -2.34. The van der Waals surface area contributed by atoms with Crippen molar-refractivity contribution in [2.75, 3.05) is 33.3 Å². The summed E-state index contributed by atoms with van der Waals surface area (Å²) in [6.07, 6.45) is 2.14. The summed E-state index contributed by atoms with van der Waals surface area (Å²) in [5.41, 5.74) is 2.17. The molecule has 3 aliphatic rings. The van der Waals surface area contributed by atoms with E-state index in [1.54, 1.807) is 7.11 Å². The second-order valence-electron chi connectivity index (χ2n) is 6.44. The maximum absolute atomic E-state index is 12.9. The molecular weight excluding hydrogens is 304 g/mol. The highest BCUT2D eigenvalue weighted by atomic mass is 16.5. The van der Waals surface area contributed by atoms with Gasteiger partial charge in [-0.15, -0.1) is 0 Å². The standard InChI is InChI=1S/C18H22N4O2/c1-24-17-5-3-2-4-14(17)15-12-16(20-19-15)18(23)22-11-10-21-8-6-13(22)7-9-21/h2-5,12-13H,6-11H2,1H3,(H,19,20). The molecule has 3 aliphatic heterocycles. The monoisotopic (exact) mass is 326 g/mol. The lowest BCUT2D eigenvalue weighted by molar-refractivity contribution is 0.0679. The van der Waals surface area contributed by atoms with E-state index in [0.717, 1.165) is 56.0 Å². The van der Waals surface area contributed by atoms with Crippen molar-refractivity contribution >= 4 is 5.91 Å². The number of H-pyrrole nitrogens is 1. The SMILES string of the molecule is COc1ccccc1-c1cc(C(=O)N2CCN3CCC2CC3)[nH]n1. The summed E-state index contributed by atoms with van der Waals surface area (Å²) in [5, 5.41) is 7.25. The number of rotatable bonds is 3. The molecule has 0 atom stereocenters. The lowest BCUT2D eigenvalue weighted by Gasteiger charge is -2.31. The highest BCUT2D eigenvalue weighted by molar-refractivity contribution is 5.94. The number of aromatic nitrogens is 2. The third-order valence-corrected chi connectivity index (χ3v) is 5.11. The molecule has 0 unspecified atom stereocenters. The smallest absolute Gasteiger partial charge is 0.272 e. The van der Waals surface area contributed by atoms with Gasteiger partial charge in [-0.3, -0.25) is 9.89 Å². The van der Waals surface area contributed by atoms with Gasteiger partial charge in [0.05, 0.1) is 12.8 Å². The Kier molecular flexibility index (Phi) is 3.98. The summed E-state index contributed by atoms with van der Waals surface area (Å²) in [5.74, 6) is 0.807. The van der Waals surface area contributed by atoms with E-state index < -0.39 is 0 Å². The van der Waals surface area contributed by atoms with Crippen molar-refractivity contribution in [3.05, 3.63) is 36.0 Å². The second-order valence-corrected chi connectivity index (χ2v) is 6.44. The van der Waals surface area contributed by atoms with Crippen LogP contribution in [0.15, 0.2) is 30.3 Å². The number of fused-ring (bicyclic) bond motifs is 4. The van der Waals surface area contributed by atoms with Gasteiger partial charge in [-0.05, 0) is 31.0 Å². The fraction of sp³-hybridized carbons (Fsp3) is 0.444. The van der Waals surface area contributed by atoms with Crippen LogP contribution in [0.25, 0.3) is 11.3 Å². The van der Waals surface area contributed by atoms with Gasteiger partial charge in [0.1, 0.15) is 11.4 Å². The van der Waals surface area contributed by atoms with E-state index in [-0.39, 0.29) is 5.91 Å². The van der Waals surface area contributed by atoms with Gasteiger partial charge < -0.3 is 14.5 Å². The molecule has 6 heteroatoms. The molecule has 6 nitrogen and oxygen atoms in total. The number of nitrogens with zero attached hydrogens (tertiary/aromatic N) is 3. The van der Waals surface area contributed by atoms with E-state index >= 15 is 0 Å². The Balaban J connectivity index is 1.59. The van der Waals surface area contributed by atoms with Gasteiger partial charge in [0, 0.05) is 37.8 Å². The number of benzene rings is 1. The number of hydrogen-bond donors (Lipinski definition) is 1. The van der Waals surface area contributed by atoms with E-state index in [2.05, 4.69) is 15.1 Å². The number of methoxy groups -OCH3 is 1. The summed E-state index contributed by atoms with van der Waals surface area (Å²) in [6, 6.07) is 9.89. The maximum atomic E-state index is 12.9. The quantitative estimate of drug-likeness (QED) is 0.937. The van der Waals surface area contributed by atoms with Crippen molar-refractivity contribution in [2.24, 2.45) is 0 Å². The number of nitrogens with one attached hydrogen (secondary N) is 1. The molecule has 0 radical (unpaired) electrons. The molecule has 0 saturated carbocycles. The molecule has 0 spiro atoms. The van der Waals surface area contributed by atoms with Crippen molar-refractivity contribution in [3.63, 3.8) is 0 Å². The van der Waals surface area contributed by atoms with Crippen LogP contribution in [0.5, 0.6) is 5.75 Å².